The minimum absolute atomic E-state index is 0.0726. The number of rotatable bonds is 2. The number of hydrogen-bond donors (Lipinski definition) is 1. The first-order valence-electron chi connectivity index (χ1n) is 5.73. The highest BCUT2D eigenvalue weighted by Crippen LogP contribution is 2.43. The molecule has 0 aromatic rings. The molecule has 0 saturated heterocycles. The van der Waals surface area contributed by atoms with Crippen molar-refractivity contribution >= 4 is 0 Å². The molecule has 1 fully saturated rings. The van der Waals surface area contributed by atoms with Gasteiger partial charge in [-0.2, -0.15) is 0 Å². The molecular formula is C12H20O2. The van der Waals surface area contributed by atoms with Crippen molar-refractivity contribution in [1.82, 2.24) is 0 Å². The Labute approximate surface area is 86.0 Å². The molecule has 0 aromatic carbocycles. The van der Waals surface area contributed by atoms with Crippen molar-refractivity contribution in [1.29, 1.82) is 0 Å². The molecule has 1 aliphatic heterocycles. The van der Waals surface area contributed by atoms with Crippen LogP contribution in [0.25, 0.3) is 0 Å². The highest BCUT2D eigenvalue weighted by molar-refractivity contribution is 5.08. The summed E-state index contributed by atoms with van der Waals surface area (Å²) in [6.45, 7) is 2.96. The highest BCUT2D eigenvalue weighted by atomic mass is 16.5. The van der Waals surface area contributed by atoms with Gasteiger partial charge < -0.3 is 9.84 Å². The van der Waals surface area contributed by atoms with Crippen LogP contribution in [0.3, 0.4) is 0 Å². The van der Waals surface area contributed by atoms with Crippen molar-refractivity contribution in [2.24, 2.45) is 5.41 Å². The SMILES string of the molecule is CC1(C(O)C2=CCCCO2)CCCC1. The maximum absolute atomic E-state index is 10.2. The zero-order valence-corrected chi connectivity index (χ0v) is 8.96. The number of aliphatic hydroxyl groups is 1. The first-order chi connectivity index (χ1) is 6.72. The van der Waals surface area contributed by atoms with Gasteiger partial charge >= 0.3 is 0 Å². The summed E-state index contributed by atoms with van der Waals surface area (Å²) in [6.07, 6.45) is 8.61. The van der Waals surface area contributed by atoms with Crippen LogP contribution in [0.2, 0.25) is 0 Å². The van der Waals surface area contributed by atoms with Gasteiger partial charge in [0.25, 0.3) is 0 Å². The topological polar surface area (TPSA) is 29.5 Å². The van der Waals surface area contributed by atoms with E-state index < -0.39 is 0 Å². The van der Waals surface area contributed by atoms with Crippen LogP contribution in [0.5, 0.6) is 0 Å². The molecule has 0 bridgehead atoms. The van der Waals surface area contributed by atoms with Gasteiger partial charge in [0.1, 0.15) is 11.9 Å². The van der Waals surface area contributed by atoms with Crippen molar-refractivity contribution in [3.05, 3.63) is 11.8 Å². The van der Waals surface area contributed by atoms with Gasteiger partial charge in [-0.15, -0.1) is 0 Å². The minimum atomic E-state index is -0.370. The summed E-state index contributed by atoms with van der Waals surface area (Å²) in [5.41, 5.74) is 0.0726. The highest BCUT2D eigenvalue weighted by Gasteiger charge is 2.38. The number of ether oxygens (including phenoxy) is 1. The molecule has 2 nitrogen and oxygen atoms in total. The summed E-state index contributed by atoms with van der Waals surface area (Å²) in [5.74, 6) is 0.834. The summed E-state index contributed by atoms with van der Waals surface area (Å²) in [4.78, 5) is 0. The monoisotopic (exact) mass is 196 g/mol. The van der Waals surface area contributed by atoms with Gasteiger partial charge in [-0.25, -0.2) is 0 Å². The number of hydrogen-bond acceptors (Lipinski definition) is 2. The van der Waals surface area contributed by atoms with Crippen molar-refractivity contribution in [3.8, 4) is 0 Å². The Balaban J connectivity index is 2.05. The molecule has 1 saturated carbocycles. The zero-order valence-electron chi connectivity index (χ0n) is 8.96. The molecule has 1 N–H and O–H groups in total. The minimum Gasteiger partial charge on any atom is -0.495 e. The Morgan fingerprint density at radius 1 is 1.36 bits per heavy atom. The van der Waals surface area contributed by atoms with Crippen LogP contribution in [-0.2, 0) is 4.74 Å². The molecule has 0 radical (unpaired) electrons. The van der Waals surface area contributed by atoms with Crippen molar-refractivity contribution in [2.75, 3.05) is 6.61 Å². The fraction of sp³-hybridized carbons (Fsp3) is 0.833. The van der Waals surface area contributed by atoms with Crippen molar-refractivity contribution in [2.45, 2.75) is 51.6 Å². The van der Waals surface area contributed by atoms with E-state index in [4.69, 9.17) is 4.74 Å². The summed E-state index contributed by atoms with van der Waals surface area (Å²) in [5, 5.41) is 10.2. The van der Waals surface area contributed by atoms with Crippen LogP contribution in [0, 0.1) is 5.41 Å². The van der Waals surface area contributed by atoms with Gasteiger partial charge in [0.2, 0.25) is 0 Å². The van der Waals surface area contributed by atoms with E-state index in [0.29, 0.717) is 0 Å². The summed E-state index contributed by atoms with van der Waals surface area (Å²) >= 11 is 0. The molecule has 1 unspecified atom stereocenters. The van der Waals surface area contributed by atoms with Crippen LogP contribution in [0.1, 0.15) is 45.4 Å². The van der Waals surface area contributed by atoms with E-state index in [1.165, 1.54) is 12.8 Å². The first kappa shape index (κ1) is 10.0. The Morgan fingerprint density at radius 3 is 2.64 bits per heavy atom. The van der Waals surface area contributed by atoms with Gasteiger partial charge in [0.15, 0.2) is 0 Å². The first-order valence-corrected chi connectivity index (χ1v) is 5.73. The lowest BCUT2D eigenvalue weighted by atomic mass is 9.81. The zero-order chi connectivity index (χ0) is 10.0. The lowest BCUT2D eigenvalue weighted by Gasteiger charge is -2.32. The van der Waals surface area contributed by atoms with E-state index >= 15 is 0 Å². The Morgan fingerprint density at radius 2 is 2.07 bits per heavy atom. The van der Waals surface area contributed by atoms with Gasteiger partial charge in [-0.05, 0) is 31.8 Å². The normalized spacial score (nSPS) is 28.0. The molecule has 2 heteroatoms. The molecule has 1 atom stereocenters. The van der Waals surface area contributed by atoms with Gasteiger partial charge in [-0.1, -0.05) is 19.8 Å². The maximum atomic E-state index is 10.2. The fourth-order valence-electron chi connectivity index (χ4n) is 2.57. The predicted octanol–water partition coefficient (Wildman–Crippen LogP) is 2.62. The Hall–Kier alpha value is -0.500. The number of aliphatic hydroxyl groups excluding tert-OH is 1. The Bertz CT molecular complexity index is 226. The lowest BCUT2D eigenvalue weighted by Crippen LogP contribution is -2.33. The van der Waals surface area contributed by atoms with Crippen molar-refractivity contribution < 1.29 is 9.84 Å². The average molecular weight is 196 g/mol. The van der Waals surface area contributed by atoms with E-state index in [9.17, 15) is 5.11 Å². The van der Waals surface area contributed by atoms with Crippen LogP contribution in [0.15, 0.2) is 11.8 Å². The third-order valence-electron chi connectivity index (χ3n) is 3.64. The second-order valence-corrected chi connectivity index (χ2v) is 4.86. The molecule has 2 rings (SSSR count). The maximum Gasteiger partial charge on any atom is 0.121 e. The number of allylic oxidation sites excluding steroid dienone is 1. The third-order valence-corrected chi connectivity index (χ3v) is 3.64. The molecule has 1 heterocycles. The third kappa shape index (κ3) is 1.81. The second-order valence-electron chi connectivity index (χ2n) is 4.86. The largest absolute Gasteiger partial charge is 0.495 e. The quantitative estimate of drug-likeness (QED) is 0.735. The van der Waals surface area contributed by atoms with E-state index in [1.54, 1.807) is 0 Å². The van der Waals surface area contributed by atoms with Crippen LogP contribution in [0.4, 0.5) is 0 Å². The van der Waals surface area contributed by atoms with Crippen molar-refractivity contribution in [3.63, 3.8) is 0 Å². The molecule has 1 aliphatic carbocycles. The van der Waals surface area contributed by atoms with Gasteiger partial charge in [-0.3, -0.25) is 0 Å². The molecule has 2 aliphatic rings. The molecule has 14 heavy (non-hydrogen) atoms. The summed E-state index contributed by atoms with van der Waals surface area (Å²) in [6, 6.07) is 0. The smallest absolute Gasteiger partial charge is 0.121 e. The average Bonchev–Trinajstić information content (AvgIpc) is 2.67. The molecule has 0 spiro atoms. The standard InChI is InChI=1S/C12H20O2/c1-12(7-3-4-8-12)11(13)10-6-2-5-9-14-10/h6,11,13H,2-5,7-9H2,1H3. The van der Waals surface area contributed by atoms with Crippen LogP contribution in [-0.4, -0.2) is 17.8 Å². The van der Waals surface area contributed by atoms with Crippen LogP contribution >= 0.6 is 0 Å². The Kier molecular flexibility index (Phi) is 2.82. The van der Waals surface area contributed by atoms with Crippen LogP contribution < -0.4 is 0 Å². The summed E-state index contributed by atoms with van der Waals surface area (Å²) < 4.78 is 5.53. The molecule has 0 aromatic heterocycles. The van der Waals surface area contributed by atoms with E-state index in [-0.39, 0.29) is 11.5 Å². The fourth-order valence-corrected chi connectivity index (χ4v) is 2.57. The predicted molar refractivity (Wildman–Crippen MR) is 55.9 cm³/mol. The van der Waals surface area contributed by atoms with E-state index in [1.807, 2.05) is 0 Å². The van der Waals surface area contributed by atoms with Gasteiger partial charge in [0, 0.05) is 5.41 Å². The van der Waals surface area contributed by atoms with Gasteiger partial charge in [0.05, 0.1) is 6.61 Å². The summed E-state index contributed by atoms with van der Waals surface area (Å²) in [7, 11) is 0. The van der Waals surface area contributed by atoms with E-state index in [0.717, 1.165) is 38.0 Å². The molecule has 0 amide bonds. The molecule has 80 valence electrons. The lowest BCUT2D eigenvalue weighted by molar-refractivity contribution is 0.0116. The van der Waals surface area contributed by atoms with E-state index in [2.05, 4.69) is 13.0 Å². The molecular weight excluding hydrogens is 176 g/mol. The second kappa shape index (κ2) is 3.93.